The normalized spacial score (nSPS) is 21.3. The van der Waals surface area contributed by atoms with Crippen LogP contribution in [0.1, 0.15) is 31.6 Å². The molecular formula is C16H21ClN2O2. The average Bonchev–Trinajstić information content (AvgIpc) is 2.79. The minimum absolute atomic E-state index is 0.529. The van der Waals surface area contributed by atoms with Crippen LogP contribution in [-0.4, -0.2) is 29.7 Å². The fourth-order valence-electron chi connectivity index (χ4n) is 3.21. The molecule has 0 aliphatic heterocycles. The number of alkyl halides is 1. The van der Waals surface area contributed by atoms with Gasteiger partial charge in [-0.3, -0.25) is 0 Å². The zero-order chi connectivity index (χ0) is 15.0. The van der Waals surface area contributed by atoms with Crippen molar-refractivity contribution in [3.8, 4) is 11.5 Å². The number of aromatic nitrogens is 2. The standard InChI is InChI=1S/C16H21ClN2O2/c1-10-6-11(7-10)19-13-9-15(21-3)14(20-2)8-12(13)18-16(19)4-5-17/h8-11H,4-7H2,1-3H3. The Morgan fingerprint density at radius 2 is 1.90 bits per heavy atom. The van der Waals surface area contributed by atoms with Gasteiger partial charge in [0.15, 0.2) is 11.5 Å². The Balaban J connectivity index is 2.14. The van der Waals surface area contributed by atoms with E-state index in [9.17, 15) is 0 Å². The number of benzene rings is 1. The monoisotopic (exact) mass is 308 g/mol. The van der Waals surface area contributed by atoms with Gasteiger partial charge >= 0.3 is 0 Å². The molecular weight excluding hydrogens is 288 g/mol. The minimum atomic E-state index is 0.529. The zero-order valence-corrected chi connectivity index (χ0v) is 13.5. The van der Waals surface area contributed by atoms with Crippen LogP contribution in [0.15, 0.2) is 12.1 Å². The van der Waals surface area contributed by atoms with E-state index in [4.69, 9.17) is 26.1 Å². The molecule has 0 unspecified atom stereocenters. The predicted molar refractivity (Wildman–Crippen MR) is 84.7 cm³/mol. The van der Waals surface area contributed by atoms with E-state index in [1.807, 2.05) is 12.1 Å². The lowest BCUT2D eigenvalue weighted by atomic mass is 9.81. The summed E-state index contributed by atoms with van der Waals surface area (Å²) >= 11 is 5.94. The summed E-state index contributed by atoms with van der Waals surface area (Å²) in [6.45, 7) is 2.29. The third kappa shape index (κ3) is 2.46. The van der Waals surface area contributed by atoms with Crippen molar-refractivity contribution in [2.75, 3.05) is 20.1 Å². The zero-order valence-electron chi connectivity index (χ0n) is 12.7. The quantitative estimate of drug-likeness (QED) is 0.788. The molecule has 5 heteroatoms. The fraction of sp³-hybridized carbons (Fsp3) is 0.562. The van der Waals surface area contributed by atoms with E-state index in [1.165, 1.54) is 12.8 Å². The van der Waals surface area contributed by atoms with Gasteiger partial charge in [-0.1, -0.05) is 6.92 Å². The van der Waals surface area contributed by atoms with Crippen LogP contribution in [0, 0.1) is 5.92 Å². The highest BCUT2D eigenvalue weighted by Gasteiger charge is 2.30. The van der Waals surface area contributed by atoms with Gasteiger partial charge in [-0.25, -0.2) is 4.98 Å². The Morgan fingerprint density at radius 1 is 1.24 bits per heavy atom. The summed E-state index contributed by atoms with van der Waals surface area (Å²) in [5, 5.41) is 0. The van der Waals surface area contributed by atoms with E-state index >= 15 is 0 Å². The molecule has 1 aliphatic rings. The molecule has 1 aliphatic carbocycles. The summed E-state index contributed by atoms with van der Waals surface area (Å²) in [7, 11) is 3.31. The highest BCUT2D eigenvalue weighted by Crippen LogP contribution is 2.42. The van der Waals surface area contributed by atoms with Crippen LogP contribution in [0.4, 0.5) is 0 Å². The molecule has 114 valence electrons. The van der Waals surface area contributed by atoms with E-state index in [2.05, 4.69) is 11.5 Å². The molecule has 0 radical (unpaired) electrons. The molecule has 2 aromatic rings. The second-order valence-corrected chi connectivity index (χ2v) is 6.14. The number of aryl methyl sites for hydroxylation is 1. The van der Waals surface area contributed by atoms with Crippen molar-refractivity contribution in [1.82, 2.24) is 9.55 Å². The third-order valence-corrected chi connectivity index (χ3v) is 4.49. The van der Waals surface area contributed by atoms with Crippen molar-refractivity contribution in [3.05, 3.63) is 18.0 Å². The van der Waals surface area contributed by atoms with Crippen molar-refractivity contribution in [1.29, 1.82) is 0 Å². The molecule has 3 rings (SSSR count). The molecule has 0 saturated heterocycles. The number of methoxy groups -OCH3 is 2. The number of hydrogen-bond acceptors (Lipinski definition) is 3. The van der Waals surface area contributed by atoms with Crippen molar-refractivity contribution in [2.45, 2.75) is 32.2 Å². The van der Waals surface area contributed by atoms with Gasteiger partial charge in [0.1, 0.15) is 5.82 Å². The van der Waals surface area contributed by atoms with Crippen LogP contribution in [0.5, 0.6) is 11.5 Å². The smallest absolute Gasteiger partial charge is 0.163 e. The van der Waals surface area contributed by atoms with Crippen LogP contribution in [-0.2, 0) is 6.42 Å². The molecule has 1 saturated carbocycles. The molecule has 1 aromatic heterocycles. The lowest BCUT2D eigenvalue weighted by Gasteiger charge is -2.35. The molecule has 0 atom stereocenters. The minimum Gasteiger partial charge on any atom is -0.493 e. The number of fused-ring (bicyclic) bond motifs is 1. The van der Waals surface area contributed by atoms with Gasteiger partial charge in [0.05, 0.1) is 25.3 Å². The maximum absolute atomic E-state index is 5.94. The highest BCUT2D eigenvalue weighted by atomic mass is 35.5. The molecule has 0 bridgehead atoms. The van der Waals surface area contributed by atoms with E-state index in [0.29, 0.717) is 17.7 Å². The van der Waals surface area contributed by atoms with Crippen LogP contribution in [0.2, 0.25) is 0 Å². The molecule has 21 heavy (non-hydrogen) atoms. The second-order valence-electron chi connectivity index (χ2n) is 5.76. The van der Waals surface area contributed by atoms with Gasteiger partial charge in [0, 0.05) is 30.5 Å². The maximum atomic E-state index is 5.94. The molecule has 4 nitrogen and oxygen atoms in total. The van der Waals surface area contributed by atoms with Crippen LogP contribution in [0.25, 0.3) is 11.0 Å². The van der Waals surface area contributed by atoms with E-state index < -0.39 is 0 Å². The van der Waals surface area contributed by atoms with Crippen LogP contribution in [0.3, 0.4) is 0 Å². The third-order valence-electron chi connectivity index (χ3n) is 4.30. The maximum Gasteiger partial charge on any atom is 0.163 e. The number of halogens is 1. The largest absolute Gasteiger partial charge is 0.493 e. The first kappa shape index (κ1) is 14.5. The van der Waals surface area contributed by atoms with Crippen molar-refractivity contribution in [2.24, 2.45) is 5.92 Å². The summed E-state index contributed by atoms with van der Waals surface area (Å²) in [6.07, 6.45) is 3.19. The predicted octanol–water partition coefficient (Wildman–Crippen LogP) is 3.81. The summed E-state index contributed by atoms with van der Waals surface area (Å²) < 4.78 is 13.1. The molecule has 1 aromatic carbocycles. The molecule has 0 N–H and O–H groups in total. The molecule has 1 fully saturated rings. The van der Waals surface area contributed by atoms with Gasteiger partial charge in [-0.2, -0.15) is 0 Å². The van der Waals surface area contributed by atoms with Gasteiger partial charge in [-0.05, 0) is 18.8 Å². The first-order valence-electron chi connectivity index (χ1n) is 7.36. The number of rotatable bonds is 5. The first-order chi connectivity index (χ1) is 10.2. The molecule has 0 spiro atoms. The SMILES string of the molecule is COc1cc2nc(CCCl)n(C3CC(C)C3)c2cc1OC. The van der Waals surface area contributed by atoms with Crippen LogP contribution < -0.4 is 9.47 Å². The lowest BCUT2D eigenvalue weighted by Crippen LogP contribution is -2.26. The number of nitrogens with zero attached hydrogens (tertiary/aromatic N) is 2. The Bertz CT molecular complexity index is 647. The Labute approximate surface area is 130 Å². The van der Waals surface area contributed by atoms with Crippen molar-refractivity contribution < 1.29 is 9.47 Å². The Hall–Kier alpha value is -1.42. The number of imidazole rings is 1. The summed E-state index contributed by atoms with van der Waals surface area (Å²) in [5.41, 5.74) is 2.07. The van der Waals surface area contributed by atoms with Crippen molar-refractivity contribution >= 4 is 22.6 Å². The Morgan fingerprint density at radius 3 is 2.48 bits per heavy atom. The Kier molecular flexibility index (Phi) is 3.98. The van der Waals surface area contributed by atoms with E-state index in [-0.39, 0.29) is 0 Å². The highest BCUT2D eigenvalue weighted by molar-refractivity contribution is 6.17. The topological polar surface area (TPSA) is 36.3 Å². The van der Waals surface area contributed by atoms with Gasteiger partial charge in [0.2, 0.25) is 0 Å². The first-order valence-corrected chi connectivity index (χ1v) is 7.90. The summed E-state index contributed by atoms with van der Waals surface area (Å²) in [6, 6.07) is 4.51. The summed E-state index contributed by atoms with van der Waals surface area (Å²) in [4.78, 5) is 4.76. The number of hydrogen-bond donors (Lipinski definition) is 0. The van der Waals surface area contributed by atoms with Gasteiger partial charge in [0.25, 0.3) is 0 Å². The van der Waals surface area contributed by atoms with E-state index in [0.717, 1.165) is 34.9 Å². The summed E-state index contributed by atoms with van der Waals surface area (Å²) in [5.74, 6) is 3.90. The van der Waals surface area contributed by atoms with Crippen molar-refractivity contribution in [3.63, 3.8) is 0 Å². The average molecular weight is 309 g/mol. The molecule has 1 heterocycles. The van der Waals surface area contributed by atoms with E-state index in [1.54, 1.807) is 14.2 Å². The number of ether oxygens (including phenoxy) is 2. The second kappa shape index (κ2) is 5.76. The molecule has 0 amide bonds. The van der Waals surface area contributed by atoms with Gasteiger partial charge < -0.3 is 14.0 Å². The fourth-order valence-corrected chi connectivity index (χ4v) is 3.38. The lowest BCUT2D eigenvalue weighted by molar-refractivity contribution is 0.216. The van der Waals surface area contributed by atoms with Gasteiger partial charge in [-0.15, -0.1) is 11.6 Å². The van der Waals surface area contributed by atoms with Crippen LogP contribution >= 0.6 is 11.6 Å².